The normalized spacial score (nSPS) is 10.2. The average molecular weight is 253 g/mol. The molecule has 0 bridgehead atoms. The van der Waals surface area contributed by atoms with Crippen LogP contribution in [0.4, 0.5) is 15.2 Å². The third-order valence-corrected chi connectivity index (χ3v) is 2.73. The maximum absolute atomic E-state index is 13.5. The topological polar surface area (TPSA) is 75.1 Å². The molecule has 1 aromatic carbocycles. The quantitative estimate of drug-likeness (QED) is 0.878. The molecular weight excluding hydrogens is 245 g/mol. The number of hydrogen-bond donors (Lipinski definition) is 2. The van der Waals surface area contributed by atoms with Gasteiger partial charge >= 0.3 is 5.97 Å². The predicted molar refractivity (Wildman–Crippen MR) is 61.3 cm³/mol. The zero-order valence-corrected chi connectivity index (χ0v) is 9.58. The van der Waals surface area contributed by atoms with Crippen molar-refractivity contribution < 1.29 is 14.3 Å². The van der Waals surface area contributed by atoms with Crippen molar-refractivity contribution in [3.8, 4) is 0 Å². The third kappa shape index (κ3) is 2.39. The number of carbonyl (C=O) groups is 1. The van der Waals surface area contributed by atoms with E-state index < -0.39 is 11.8 Å². The summed E-state index contributed by atoms with van der Waals surface area (Å²) in [6.07, 6.45) is 0. The van der Waals surface area contributed by atoms with E-state index in [4.69, 9.17) is 5.11 Å². The van der Waals surface area contributed by atoms with Crippen molar-refractivity contribution in [1.29, 1.82) is 0 Å². The first kappa shape index (κ1) is 11.5. The predicted octanol–water partition coefficient (Wildman–Crippen LogP) is 2.43. The maximum atomic E-state index is 13.5. The van der Waals surface area contributed by atoms with Crippen LogP contribution in [0.15, 0.2) is 18.2 Å². The SMILES string of the molecule is Cc1nsc(Nc2c(F)cccc2C(=O)O)n1. The number of aryl methyl sites for hydroxylation is 1. The van der Waals surface area contributed by atoms with E-state index in [2.05, 4.69) is 14.7 Å². The van der Waals surface area contributed by atoms with Gasteiger partial charge in [-0.05, 0) is 19.1 Å². The molecule has 5 nitrogen and oxygen atoms in total. The summed E-state index contributed by atoms with van der Waals surface area (Å²) >= 11 is 1.04. The number of aromatic carboxylic acids is 1. The Labute approximate surface area is 100 Å². The second kappa shape index (κ2) is 4.46. The summed E-state index contributed by atoms with van der Waals surface area (Å²) in [6.45, 7) is 1.70. The van der Waals surface area contributed by atoms with E-state index in [1.54, 1.807) is 6.92 Å². The second-order valence-corrected chi connectivity index (χ2v) is 3.99. The van der Waals surface area contributed by atoms with Crippen molar-refractivity contribution in [1.82, 2.24) is 9.36 Å². The number of aromatic nitrogens is 2. The van der Waals surface area contributed by atoms with Crippen molar-refractivity contribution in [3.63, 3.8) is 0 Å². The summed E-state index contributed by atoms with van der Waals surface area (Å²) < 4.78 is 17.4. The Balaban J connectivity index is 2.40. The number of halogens is 1. The Bertz CT molecular complexity index is 570. The molecule has 0 radical (unpaired) electrons. The number of rotatable bonds is 3. The molecule has 0 amide bonds. The highest BCUT2D eigenvalue weighted by Crippen LogP contribution is 2.25. The first-order valence-electron chi connectivity index (χ1n) is 4.67. The summed E-state index contributed by atoms with van der Waals surface area (Å²) in [4.78, 5) is 14.9. The van der Waals surface area contributed by atoms with E-state index in [9.17, 15) is 9.18 Å². The molecule has 7 heteroatoms. The number of benzene rings is 1. The molecule has 88 valence electrons. The monoisotopic (exact) mass is 253 g/mol. The van der Waals surface area contributed by atoms with Crippen LogP contribution in [0.5, 0.6) is 0 Å². The van der Waals surface area contributed by atoms with Gasteiger partial charge in [0.25, 0.3) is 0 Å². The number of hydrogen-bond acceptors (Lipinski definition) is 5. The molecule has 1 heterocycles. The number of para-hydroxylation sites is 1. The molecular formula is C10H8FN3O2S. The van der Waals surface area contributed by atoms with E-state index >= 15 is 0 Å². The fourth-order valence-corrected chi connectivity index (χ4v) is 1.86. The van der Waals surface area contributed by atoms with Gasteiger partial charge in [-0.2, -0.15) is 4.37 Å². The van der Waals surface area contributed by atoms with Gasteiger partial charge in [0.1, 0.15) is 11.6 Å². The highest BCUT2D eigenvalue weighted by Gasteiger charge is 2.15. The van der Waals surface area contributed by atoms with Gasteiger partial charge in [-0.25, -0.2) is 14.2 Å². The molecule has 0 unspecified atom stereocenters. The highest BCUT2D eigenvalue weighted by atomic mass is 32.1. The fraction of sp³-hybridized carbons (Fsp3) is 0.100. The van der Waals surface area contributed by atoms with E-state index in [1.807, 2.05) is 0 Å². The summed E-state index contributed by atoms with van der Waals surface area (Å²) in [7, 11) is 0. The fourth-order valence-electron chi connectivity index (χ4n) is 1.28. The van der Waals surface area contributed by atoms with Crippen molar-refractivity contribution in [3.05, 3.63) is 35.4 Å². The van der Waals surface area contributed by atoms with Crippen molar-refractivity contribution >= 4 is 28.3 Å². The van der Waals surface area contributed by atoms with Crippen LogP contribution in [0.2, 0.25) is 0 Å². The first-order valence-corrected chi connectivity index (χ1v) is 5.44. The lowest BCUT2D eigenvalue weighted by molar-refractivity contribution is 0.0697. The van der Waals surface area contributed by atoms with E-state index in [0.717, 1.165) is 11.5 Å². The smallest absolute Gasteiger partial charge is 0.337 e. The molecule has 0 fully saturated rings. The average Bonchev–Trinajstić information content (AvgIpc) is 2.67. The molecule has 2 N–H and O–H groups in total. The van der Waals surface area contributed by atoms with Crippen LogP contribution in [-0.4, -0.2) is 20.4 Å². The molecule has 2 rings (SSSR count). The minimum absolute atomic E-state index is 0.101. The Kier molecular flexibility index (Phi) is 3.01. The highest BCUT2D eigenvalue weighted by molar-refractivity contribution is 7.09. The van der Waals surface area contributed by atoms with Crippen molar-refractivity contribution in [2.75, 3.05) is 5.32 Å². The Morgan fingerprint density at radius 2 is 2.29 bits per heavy atom. The number of carboxylic acid groups (broad SMARTS) is 1. The lowest BCUT2D eigenvalue weighted by Crippen LogP contribution is -2.04. The van der Waals surface area contributed by atoms with Crippen LogP contribution in [0.25, 0.3) is 0 Å². The number of carboxylic acids is 1. The molecule has 0 aliphatic heterocycles. The molecule has 1 aromatic heterocycles. The van der Waals surface area contributed by atoms with Crippen LogP contribution in [-0.2, 0) is 0 Å². The molecule has 0 saturated carbocycles. The van der Waals surface area contributed by atoms with Gasteiger partial charge in [0.05, 0.1) is 11.3 Å². The molecule has 0 aliphatic carbocycles. The largest absolute Gasteiger partial charge is 0.478 e. The number of anilines is 2. The Hall–Kier alpha value is -2.02. The molecule has 2 aromatic rings. The van der Waals surface area contributed by atoms with Crippen molar-refractivity contribution in [2.24, 2.45) is 0 Å². The van der Waals surface area contributed by atoms with E-state index in [-0.39, 0.29) is 11.3 Å². The zero-order valence-electron chi connectivity index (χ0n) is 8.77. The van der Waals surface area contributed by atoms with Gasteiger partial charge in [-0.1, -0.05) is 6.07 Å². The van der Waals surface area contributed by atoms with Crippen LogP contribution in [0.1, 0.15) is 16.2 Å². The van der Waals surface area contributed by atoms with Gasteiger partial charge in [0.2, 0.25) is 5.13 Å². The summed E-state index contributed by atoms with van der Waals surface area (Å²) in [5, 5.41) is 11.9. The van der Waals surface area contributed by atoms with E-state index in [0.29, 0.717) is 11.0 Å². The van der Waals surface area contributed by atoms with Crippen LogP contribution in [0, 0.1) is 12.7 Å². The standard InChI is InChI=1S/C10H8FN3O2S/c1-5-12-10(17-14-5)13-8-6(9(15)16)3-2-4-7(8)11/h2-4H,1H3,(H,15,16)(H,12,13,14). The van der Waals surface area contributed by atoms with Crippen LogP contribution in [0.3, 0.4) is 0 Å². The summed E-state index contributed by atoms with van der Waals surface area (Å²) in [5.74, 6) is -1.29. The first-order chi connectivity index (χ1) is 8.08. The number of nitrogens with zero attached hydrogens (tertiary/aromatic N) is 2. The minimum Gasteiger partial charge on any atom is -0.478 e. The second-order valence-electron chi connectivity index (χ2n) is 3.24. The maximum Gasteiger partial charge on any atom is 0.337 e. The van der Waals surface area contributed by atoms with Gasteiger partial charge in [-0.3, -0.25) is 0 Å². The van der Waals surface area contributed by atoms with Crippen LogP contribution >= 0.6 is 11.5 Å². The van der Waals surface area contributed by atoms with Gasteiger partial charge in [0, 0.05) is 11.5 Å². The zero-order chi connectivity index (χ0) is 12.4. The lowest BCUT2D eigenvalue weighted by Gasteiger charge is -2.07. The molecule has 17 heavy (non-hydrogen) atoms. The lowest BCUT2D eigenvalue weighted by atomic mass is 10.1. The Morgan fingerprint density at radius 1 is 1.53 bits per heavy atom. The summed E-state index contributed by atoms with van der Waals surface area (Å²) in [6, 6.07) is 3.85. The molecule has 0 aliphatic rings. The van der Waals surface area contributed by atoms with Crippen molar-refractivity contribution in [2.45, 2.75) is 6.92 Å². The molecule has 0 spiro atoms. The summed E-state index contributed by atoms with van der Waals surface area (Å²) in [5.41, 5.74) is -0.242. The molecule has 0 saturated heterocycles. The number of nitrogens with one attached hydrogen (secondary N) is 1. The molecule has 0 atom stereocenters. The van der Waals surface area contributed by atoms with Gasteiger partial charge in [0.15, 0.2) is 0 Å². The van der Waals surface area contributed by atoms with Gasteiger partial charge in [-0.15, -0.1) is 0 Å². The Morgan fingerprint density at radius 3 is 2.88 bits per heavy atom. The van der Waals surface area contributed by atoms with Gasteiger partial charge < -0.3 is 10.4 Å². The third-order valence-electron chi connectivity index (χ3n) is 2.00. The minimum atomic E-state index is -1.20. The van der Waals surface area contributed by atoms with E-state index in [1.165, 1.54) is 18.2 Å². The van der Waals surface area contributed by atoms with Crippen LogP contribution < -0.4 is 5.32 Å².